The number of anilines is 3. The first-order valence-electron chi connectivity index (χ1n) is 23.8. The molecule has 0 aromatic heterocycles. The zero-order valence-electron chi connectivity index (χ0n) is 38.1. The second-order valence-corrected chi connectivity index (χ2v) is 17.5. The topological polar surface area (TPSA) is 3.24 Å². The van der Waals surface area contributed by atoms with E-state index in [1.807, 2.05) is 0 Å². The lowest BCUT2D eigenvalue weighted by Gasteiger charge is -2.28. The quantitative estimate of drug-likeness (QED) is 0.124. The number of benzene rings is 12. The van der Waals surface area contributed by atoms with Crippen LogP contribution in [-0.2, 0) is 0 Å². The monoisotopic (exact) mass is 877 g/mol. The molecular formula is C68H47N. The molecule has 0 heterocycles. The van der Waals surface area contributed by atoms with Gasteiger partial charge in [0.25, 0.3) is 0 Å². The van der Waals surface area contributed by atoms with Crippen LogP contribution < -0.4 is 4.90 Å². The summed E-state index contributed by atoms with van der Waals surface area (Å²) in [6.45, 7) is 0. The van der Waals surface area contributed by atoms with E-state index in [2.05, 4.69) is 290 Å². The van der Waals surface area contributed by atoms with Gasteiger partial charge in [0.05, 0.1) is 5.69 Å². The van der Waals surface area contributed by atoms with E-state index in [4.69, 9.17) is 0 Å². The van der Waals surface area contributed by atoms with Crippen molar-refractivity contribution in [2.45, 2.75) is 0 Å². The minimum Gasteiger partial charge on any atom is -0.310 e. The summed E-state index contributed by atoms with van der Waals surface area (Å²) in [7, 11) is 0. The smallest absolute Gasteiger partial charge is 0.0540 e. The third-order valence-electron chi connectivity index (χ3n) is 13.5. The van der Waals surface area contributed by atoms with Crippen molar-refractivity contribution in [2.75, 3.05) is 4.90 Å². The van der Waals surface area contributed by atoms with Gasteiger partial charge in [0.2, 0.25) is 0 Å². The molecule has 12 aromatic carbocycles. The molecule has 12 rings (SSSR count). The van der Waals surface area contributed by atoms with E-state index in [1.54, 1.807) is 0 Å². The molecule has 0 spiro atoms. The van der Waals surface area contributed by atoms with Crippen molar-refractivity contribution in [2.24, 2.45) is 0 Å². The molecule has 12 aromatic rings. The Kier molecular flexibility index (Phi) is 11.0. The van der Waals surface area contributed by atoms with Crippen molar-refractivity contribution in [1.82, 2.24) is 0 Å². The summed E-state index contributed by atoms with van der Waals surface area (Å²) < 4.78 is 0. The van der Waals surface area contributed by atoms with Gasteiger partial charge < -0.3 is 4.90 Å². The van der Waals surface area contributed by atoms with E-state index in [1.165, 1.54) is 88.3 Å². The van der Waals surface area contributed by atoms with E-state index in [0.717, 1.165) is 28.2 Å². The molecule has 324 valence electrons. The summed E-state index contributed by atoms with van der Waals surface area (Å²) >= 11 is 0. The first kappa shape index (κ1) is 41.4. The van der Waals surface area contributed by atoms with Crippen LogP contribution in [0, 0.1) is 0 Å². The Morgan fingerprint density at radius 1 is 0.188 bits per heavy atom. The number of para-hydroxylation sites is 1. The van der Waals surface area contributed by atoms with Crippen LogP contribution in [0.25, 0.3) is 99.4 Å². The van der Waals surface area contributed by atoms with Crippen molar-refractivity contribution < 1.29 is 0 Å². The van der Waals surface area contributed by atoms with Gasteiger partial charge in [0, 0.05) is 16.9 Å². The Balaban J connectivity index is 1.01. The highest BCUT2D eigenvalue weighted by molar-refractivity contribution is 6.25. The van der Waals surface area contributed by atoms with Gasteiger partial charge in [-0.15, -0.1) is 0 Å². The molecule has 1 heteroatoms. The predicted molar refractivity (Wildman–Crippen MR) is 294 cm³/mol. The molecular weight excluding hydrogens is 831 g/mol. The minimum absolute atomic E-state index is 1.08. The van der Waals surface area contributed by atoms with Crippen LogP contribution in [0.4, 0.5) is 17.1 Å². The van der Waals surface area contributed by atoms with E-state index >= 15 is 0 Å². The molecule has 0 unspecified atom stereocenters. The van der Waals surface area contributed by atoms with Crippen LogP contribution in [0.5, 0.6) is 0 Å². The molecule has 0 N–H and O–H groups in total. The number of fused-ring (bicyclic) bond motifs is 3. The van der Waals surface area contributed by atoms with Crippen LogP contribution in [0.2, 0.25) is 0 Å². The van der Waals surface area contributed by atoms with E-state index in [0.29, 0.717) is 0 Å². The predicted octanol–water partition coefficient (Wildman–Crippen LogP) is 19.1. The average Bonchev–Trinajstić information content (AvgIpc) is 3.44. The first-order valence-corrected chi connectivity index (χ1v) is 23.8. The molecule has 69 heavy (non-hydrogen) atoms. The average molecular weight is 878 g/mol. The van der Waals surface area contributed by atoms with Gasteiger partial charge in [-0.05, 0) is 124 Å². The van der Waals surface area contributed by atoms with E-state index in [9.17, 15) is 0 Å². The number of hydrogen-bond acceptors (Lipinski definition) is 1. The van der Waals surface area contributed by atoms with Crippen molar-refractivity contribution in [3.63, 3.8) is 0 Å². The summed E-state index contributed by atoms with van der Waals surface area (Å²) in [5.74, 6) is 0. The molecule has 0 radical (unpaired) electrons. The summed E-state index contributed by atoms with van der Waals surface area (Å²) in [5.41, 5.74) is 20.1. The lowest BCUT2D eigenvalue weighted by molar-refractivity contribution is 1.28. The standard InChI is InChI=1S/C68H47N/c1-6-22-48(23-7-1)57-32-18-19-39-64(57)69(55-44-40-50(41-45-55)59-36-20-35-58(49-24-8-2-9-25-49)65(59)52-26-10-3-11-27-52)56-46-42-51(43-47-56)60-37-21-38-63-67(54-30-14-5-15-31-54)66(53-28-12-4-13-29-53)61-33-16-17-34-62(61)68(60)63/h1-47H. The maximum Gasteiger partial charge on any atom is 0.0540 e. The fraction of sp³-hybridized carbons (Fsp3) is 0. The van der Waals surface area contributed by atoms with Crippen LogP contribution in [0.1, 0.15) is 0 Å². The highest BCUT2D eigenvalue weighted by Gasteiger charge is 2.22. The third kappa shape index (κ3) is 7.76. The number of nitrogens with zero attached hydrogens (tertiary/aromatic N) is 1. The fourth-order valence-electron chi connectivity index (χ4n) is 10.4. The molecule has 0 amide bonds. The Bertz CT molecular complexity index is 3720. The van der Waals surface area contributed by atoms with Gasteiger partial charge in [-0.25, -0.2) is 0 Å². The number of hydrogen-bond donors (Lipinski definition) is 0. The summed E-state index contributed by atoms with van der Waals surface area (Å²) in [6, 6.07) is 103. The Hall–Kier alpha value is -9.04. The van der Waals surface area contributed by atoms with Crippen molar-refractivity contribution in [3.8, 4) is 77.9 Å². The Morgan fingerprint density at radius 2 is 0.522 bits per heavy atom. The fourth-order valence-corrected chi connectivity index (χ4v) is 10.4. The normalized spacial score (nSPS) is 11.2. The highest BCUT2D eigenvalue weighted by Crippen LogP contribution is 2.48. The molecule has 0 atom stereocenters. The first-order chi connectivity index (χ1) is 34.3. The Morgan fingerprint density at radius 3 is 1.06 bits per heavy atom. The SMILES string of the molecule is c1ccc(-c2ccccc2N(c2ccc(-c3cccc(-c4ccccc4)c3-c3ccccc3)cc2)c2ccc(-c3cccc4c(-c5ccccc5)c(-c5ccccc5)c5ccccc5c34)cc2)cc1. The second kappa shape index (κ2) is 18.3. The van der Waals surface area contributed by atoms with Crippen LogP contribution in [0.3, 0.4) is 0 Å². The summed E-state index contributed by atoms with van der Waals surface area (Å²) in [4.78, 5) is 2.41. The van der Waals surface area contributed by atoms with Crippen molar-refractivity contribution >= 4 is 38.6 Å². The zero-order valence-corrected chi connectivity index (χ0v) is 38.1. The van der Waals surface area contributed by atoms with Gasteiger partial charge in [0.1, 0.15) is 0 Å². The minimum atomic E-state index is 1.08. The number of rotatable bonds is 10. The van der Waals surface area contributed by atoms with Gasteiger partial charge in [-0.1, -0.05) is 255 Å². The Labute approximate surface area is 404 Å². The van der Waals surface area contributed by atoms with Crippen LogP contribution in [0.15, 0.2) is 285 Å². The summed E-state index contributed by atoms with van der Waals surface area (Å²) in [6.07, 6.45) is 0. The maximum atomic E-state index is 2.41. The molecule has 0 aliphatic rings. The van der Waals surface area contributed by atoms with E-state index in [-0.39, 0.29) is 0 Å². The molecule has 0 saturated heterocycles. The highest BCUT2D eigenvalue weighted by atomic mass is 15.1. The van der Waals surface area contributed by atoms with Gasteiger partial charge in [-0.3, -0.25) is 0 Å². The zero-order chi connectivity index (χ0) is 45.9. The lowest BCUT2D eigenvalue weighted by Crippen LogP contribution is -2.11. The molecule has 0 aliphatic carbocycles. The third-order valence-corrected chi connectivity index (χ3v) is 13.5. The maximum absolute atomic E-state index is 2.41. The van der Waals surface area contributed by atoms with Crippen LogP contribution >= 0.6 is 0 Å². The molecule has 1 nitrogen and oxygen atoms in total. The molecule has 0 aliphatic heterocycles. The van der Waals surface area contributed by atoms with Gasteiger partial charge in [0.15, 0.2) is 0 Å². The molecule has 0 fully saturated rings. The largest absolute Gasteiger partial charge is 0.310 e. The second-order valence-electron chi connectivity index (χ2n) is 17.5. The lowest BCUT2D eigenvalue weighted by atomic mass is 9.83. The summed E-state index contributed by atoms with van der Waals surface area (Å²) in [5, 5.41) is 4.99. The van der Waals surface area contributed by atoms with Gasteiger partial charge >= 0.3 is 0 Å². The van der Waals surface area contributed by atoms with Gasteiger partial charge in [-0.2, -0.15) is 0 Å². The van der Waals surface area contributed by atoms with Crippen molar-refractivity contribution in [3.05, 3.63) is 285 Å². The molecule has 0 bridgehead atoms. The van der Waals surface area contributed by atoms with Crippen LogP contribution in [-0.4, -0.2) is 0 Å². The van der Waals surface area contributed by atoms with Crippen molar-refractivity contribution in [1.29, 1.82) is 0 Å². The molecule has 0 saturated carbocycles. The van der Waals surface area contributed by atoms with E-state index < -0.39 is 0 Å².